The quantitative estimate of drug-likeness (QED) is 0.662. The van der Waals surface area contributed by atoms with Gasteiger partial charge in [-0.3, -0.25) is 4.79 Å². The molecule has 3 aromatic carbocycles. The third-order valence-corrected chi connectivity index (χ3v) is 4.55. The van der Waals surface area contributed by atoms with E-state index in [4.69, 9.17) is 0 Å². The van der Waals surface area contributed by atoms with E-state index in [-0.39, 0.29) is 11.5 Å². The maximum Gasteiger partial charge on any atom is 0.337 e. The van der Waals surface area contributed by atoms with Crippen molar-refractivity contribution in [2.75, 3.05) is 17.3 Å². The number of benzene rings is 3. The van der Waals surface area contributed by atoms with Crippen molar-refractivity contribution in [3.8, 4) is 0 Å². The maximum absolute atomic E-state index is 12.5. The summed E-state index contributed by atoms with van der Waals surface area (Å²) in [6.45, 7) is 2.44. The van der Waals surface area contributed by atoms with Crippen LogP contribution in [0.25, 0.3) is 0 Å². The summed E-state index contributed by atoms with van der Waals surface area (Å²) in [4.78, 5) is 26.2. The Balaban J connectivity index is 1.84. The van der Waals surface area contributed by atoms with Gasteiger partial charge in [-0.05, 0) is 42.3 Å². The molecule has 2 N–H and O–H groups in total. The van der Waals surface area contributed by atoms with E-state index < -0.39 is 5.97 Å². The molecule has 0 aliphatic carbocycles. The summed E-state index contributed by atoms with van der Waals surface area (Å²) in [6.07, 6.45) is 0. The number of carbonyl (C=O) groups is 2. The molecule has 0 radical (unpaired) electrons. The lowest BCUT2D eigenvalue weighted by atomic mass is 10.1. The summed E-state index contributed by atoms with van der Waals surface area (Å²) in [5, 5.41) is 12.5. The number of aryl methyl sites for hydroxylation is 1. The first-order valence-corrected chi connectivity index (χ1v) is 8.95. The third kappa shape index (κ3) is 4.38. The number of carboxylic acid groups (broad SMARTS) is 1. The average molecular weight is 374 g/mol. The number of hydrogen-bond donors (Lipinski definition) is 2. The van der Waals surface area contributed by atoms with Crippen LogP contribution in [-0.2, 0) is 6.54 Å². The fourth-order valence-corrected chi connectivity index (χ4v) is 3.09. The summed E-state index contributed by atoms with van der Waals surface area (Å²) in [7, 11) is 1.85. The summed E-state index contributed by atoms with van der Waals surface area (Å²) < 4.78 is 0. The Morgan fingerprint density at radius 2 is 1.61 bits per heavy atom. The second-order valence-corrected chi connectivity index (χ2v) is 6.65. The van der Waals surface area contributed by atoms with Gasteiger partial charge in [-0.2, -0.15) is 0 Å². The van der Waals surface area contributed by atoms with Crippen molar-refractivity contribution in [3.05, 3.63) is 95.1 Å². The number of carboxylic acids is 1. The Morgan fingerprint density at radius 1 is 0.929 bits per heavy atom. The molecular weight excluding hydrogens is 352 g/mol. The minimum Gasteiger partial charge on any atom is -0.478 e. The van der Waals surface area contributed by atoms with E-state index in [0.717, 1.165) is 11.1 Å². The molecule has 1 amide bonds. The van der Waals surface area contributed by atoms with Gasteiger partial charge in [0, 0.05) is 24.8 Å². The van der Waals surface area contributed by atoms with Crippen LogP contribution in [0.5, 0.6) is 0 Å². The second kappa shape index (κ2) is 8.39. The predicted octanol–water partition coefficient (Wildman–Crippen LogP) is 4.58. The average Bonchev–Trinajstić information content (AvgIpc) is 2.69. The molecule has 28 heavy (non-hydrogen) atoms. The third-order valence-electron chi connectivity index (χ3n) is 4.55. The van der Waals surface area contributed by atoms with Crippen LogP contribution < -0.4 is 10.2 Å². The largest absolute Gasteiger partial charge is 0.478 e. The molecule has 0 heterocycles. The van der Waals surface area contributed by atoms with Crippen LogP contribution in [0.4, 0.5) is 11.4 Å². The SMILES string of the molecule is Cc1ccccc1C(=O)Nc1ccc(N(C)Cc2ccccc2)c(C(=O)O)c1. The molecule has 0 fully saturated rings. The topological polar surface area (TPSA) is 69.6 Å². The first-order valence-electron chi connectivity index (χ1n) is 8.95. The number of hydrogen-bond acceptors (Lipinski definition) is 3. The molecule has 0 aliphatic heterocycles. The van der Waals surface area contributed by atoms with E-state index in [0.29, 0.717) is 23.5 Å². The molecule has 0 atom stereocenters. The molecule has 0 aromatic heterocycles. The van der Waals surface area contributed by atoms with Crippen LogP contribution in [0.1, 0.15) is 31.8 Å². The standard InChI is InChI=1S/C23H22N2O3/c1-16-8-6-7-11-19(16)22(26)24-18-12-13-21(20(14-18)23(27)28)25(2)15-17-9-4-3-5-10-17/h3-14H,15H2,1-2H3,(H,24,26)(H,27,28). The van der Waals surface area contributed by atoms with Gasteiger partial charge in [0.05, 0.1) is 11.3 Å². The van der Waals surface area contributed by atoms with Crippen molar-refractivity contribution in [1.82, 2.24) is 0 Å². The predicted molar refractivity (Wildman–Crippen MR) is 111 cm³/mol. The number of anilines is 2. The van der Waals surface area contributed by atoms with Crippen LogP contribution in [0.2, 0.25) is 0 Å². The van der Waals surface area contributed by atoms with Crippen LogP contribution in [0.3, 0.4) is 0 Å². The number of nitrogens with one attached hydrogen (secondary N) is 1. The molecule has 0 saturated carbocycles. The summed E-state index contributed by atoms with van der Waals surface area (Å²) in [6, 6.07) is 22.0. The highest BCUT2D eigenvalue weighted by Gasteiger charge is 2.16. The van der Waals surface area contributed by atoms with Gasteiger partial charge in [0.25, 0.3) is 5.91 Å². The highest BCUT2D eigenvalue weighted by Crippen LogP contribution is 2.25. The van der Waals surface area contributed by atoms with Crippen LogP contribution >= 0.6 is 0 Å². The van der Waals surface area contributed by atoms with Gasteiger partial charge in [-0.15, -0.1) is 0 Å². The summed E-state index contributed by atoms with van der Waals surface area (Å²) >= 11 is 0. The van der Waals surface area contributed by atoms with Gasteiger partial charge in [0.1, 0.15) is 0 Å². The van der Waals surface area contributed by atoms with E-state index in [2.05, 4.69) is 5.32 Å². The normalized spacial score (nSPS) is 10.4. The molecule has 0 bridgehead atoms. The molecule has 0 saturated heterocycles. The van der Waals surface area contributed by atoms with Crippen molar-refractivity contribution in [1.29, 1.82) is 0 Å². The molecule has 0 aliphatic rings. The Labute approximate surface area is 164 Å². The molecule has 0 spiro atoms. The molecule has 5 heteroatoms. The highest BCUT2D eigenvalue weighted by molar-refractivity contribution is 6.06. The van der Waals surface area contributed by atoms with E-state index in [1.165, 1.54) is 6.07 Å². The first-order chi connectivity index (χ1) is 13.5. The Morgan fingerprint density at radius 3 is 2.29 bits per heavy atom. The zero-order chi connectivity index (χ0) is 20.1. The Hall–Kier alpha value is -3.60. The second-order valence-electron chi connectivity index (χ2n) is 6.65. The minimum atomic E-state index is -1.04. The van der Waals surface area contributed by atoms with Crippen molar-refractivity contribution in [2.24, 2.45) is 0 Å². The number of rotatable bonds is 6. The molecule has 0 unspecified atom stereocenters. The van der Waals surface area contributed by atoms with E-state index in [9.17, 15) is 14.7 Å². The molecule has 5 nitrogen and oxygen atoms in total. The summed E-state index contributed by atoms with van der Waals surface area (Å²) in [5.41, 5.74) is 3.68. The number of amides is 1. The zero-order valence-electron chi connectivity index (χ0n) is 15.8. The van der Waals surface area contributed by atoms with Gasteiger partial charge < -0.3 is 15.3 Å². The van der Waals surface area contributed by atoms with Crippen molar-refractivity contribution >= 4 is 23.3 Å². The zero-order valence-corrected chi connectivity index (χ0v) is 15.8. The van der Waals surface area contributed by atoms with Gasteiger partial charge in [0.15, 0.2) is 0 Å². The molecular formula is C23H22N2O3. The van der Waals surface area contributed by atoms with Gasteiger partial charge >= 0.3 is 5.97 Å². The van der Waals surface area contributed by atoms with Crippen LogP contribution in [-0.4, -0.2) is 24.0 Å². The maximum atomic E-state index is 12.5. The number of nitrogens with zero attached hydrogens (tertiary/aromatic N) is 1. The smallest absolute Gasteiger partial charge is 0.337 e. The molecule has 142 valence electrons. The molecule has 3 rings (SSSR count). The van der Waals surface area contributed by atoms with Crippen molar-refractivity contribution in [2.45, 2.75) is 13.5 Å². The Kier molecular flexibility index (Phi) is 5.75. The number of aromatic carboxylic acids is 1. The van der Waals surface area contributed by atoms with Crippen molar-refractivity contribution in [3.63, 3.8) is 0 Å². The van der Waals surface area contributed by atoms with E-state index in [1.807, 2.05) is 61.3 Å². The first kappa shape index (κ1) is 19.2. The summed E-state index contributed by atoms with van der Waals surface area (Å²) in [5.74, 6) is -1.30. The lowest BCUT2D eigenvalue weighted by Crippen LogP contribution is -2.20. The van der Waals surface area contributed by atoms with Gasteiger partial charge in [0.2, 0.25) is 0 Å². The molecule has 3 aromatic rings. The van der Waals surface area contributed by atoms with Gasteiger partial charge in [-0.1, -0.05) is 48.5 Å². The van der Waals surface area contributed by atoms with Crippen molar-refractivity contribution < 1.29 is 14.7 Å². The highest BCUT2D eigenvalue weighted by atomic mass is 16.4. The van der Waals surface area contributed by atoms with E-state index >= 15 is 0 Å². The van der Waals surface area contributed by atoms with E-state index in [1.54, 1.807) is 24.3 Å². The van der Waals surface area contributed by atoms with Crippen LogP contribution in [0, 0.1) is 6.92 Å². The Bertz CT molecular complexity index is 1000. The van der Waals surface area contributed by atoms with Crippen LogP contribution in [0.15, 0.2) is 72.8 Å². The minimum absolute atomic E-state index is 0.140. The monoisotopic (exact) mass is 374 g/mol. The fourth-order valence-electron chi connectivity index (χ4n) is 3.09. The lowest BCUT2D eigenvalue weighted by molar-refractivity contribution is 0.0697. The lowest BCUT2D eigenvalue weighted by Gasteiger charge is -2.22. The number of carbonyl (C=O) groups excluding carboxylic acids is 1. The van der Waals surface area contributed by atoms with Gasteiger partial charge in [-0.25, -0.2) is 4.79 Å². The fraction of sp³-hybridized carbons (Fsp3) is 0.130.